The molecule has 0 amide bonds. The molecule has 0 saturated heterocycles. The Morgan fingerprint density at radius 3 is 2.00 bits per heavy atom. The van der Waals surface area contributed by atoms with Gasteiger partial charge in [0.1, 0.15) is 0 Å². The first-order valence-corrected chi connectivity index (χ1v) is 6.56. The molecule has 5 heteroatoms. The van der Waals surface area contributed by atoms with E-state index in [0.717, 1.165) is 12.8 Å². The van der Waals surface area contributed by atoms with E-state index in [-0.39, 0.29) is 25.7 Å². The lowest BCUT2D eigenvalue weighted by Gasteiger charge is -2.07. The van der Waals surface area contributed by atoms with Crippen LogP contribution >= 0.6 is 0 Å². The van der Waals surface area contributed by atoms with E-state index >= 15 is 0 Å². The maximum atomic E-state index is 10.1. The summed E-state index contributed by atoms with van der Waals surface area (Å²) >= 11 is 0. The molecule has 0 rings (SSSR count). The number of aliphatic carboxylic acids is 1. The van der Waals surface area contributed by atoms with Gasteiger partial charge in [0.05, 0.1) is 0 Å². The van der Waals surface area contributed by atoms with Crippen molar-refractivity contribution >= 4 is 5.97 Å². The van der Waals surface area contributed by atoms with E-state index in [2.05, 4.69) is 6.92 Å². The number of aliphatic hydroxyl groups excluding tert-OH is 3. The number of hydrogen-bond donors (Lipinski definition) is 4. The van der Waals surface area contributed by atoms with Crippen molar-refractivity contribution in [2.24, 2.45) is 11.8 Å². The number of carboxylic acids is 1. The van der Waals surface area contributed by atoms with E-state index in [4.69, 9.17) is 20.4 Å². The first-order valence-electron chi connectivity index (χ1n) is 6.56. The van der Waals surface area contributed by atoms with Gasteiger partial charge in [-0.3, -0.25) is 4.79 Å². The van der Waals surface area contributed by atoms with Gasteiger partial charge in [0.2, 0.25) is 0 Å². The van der Waals surface area contributed by atoms with E-state index in [1.165, 1.54) is 0 Å². The summed E-state index contributed by atoms with van der Waals surface area (Å²) in [5.41, 5.74) is 0. The molecule has 1 unspecified atom stereocenters. The molecule has 0 aromatic rings. The summed E-state index contributed by atoms with van der Waals surface area (Å²) in [6.07, 6.45) is 3.77. The third-order valence-corrected chi connectivity index (χ3v) is 2.59. The normalized spacial score (nSPS) is 11.9. The topological polar surface area (TPSA) is 98.0 Å². The van der Waals surface area contributed by atoms with Crippen LogP contribution in [-0.2, 0) is 4.79 Å². The van der Waals surface area contributed by atoms with Crippen molar-refractivity contribution in [2.75, 3.05) is 19.8 Å². The SMILES string of the molecule is CCCC(C)CC(=O)O.OCCCC(CO)CO. The Hall–Kier alpha value is -0.650. The summed E-state index contributed by atoms with van der Waals surface area (Å²) in [5.74, 6) is -0.388. The minimum Gasteiger partial charge on any atom is -0.481 e. The first-order chi connectivity index (χ1) is 8.51. The Kier molecular flexibility index (Phi) is 15.8. The molecule has 0 aliphatic rings. The van der Waals surface area contributed by atoms with Crippen LogP contribution in [0.1, 0.15) is 46.0 Å². The van der Waals surface area contributed by atoms with Gasteiger partial charge in [0, 0.05) is 32.2 Å². The molecule has 0 aliphatic heterocycles. The zero-order valence-electron chi connectivity index (χ0n) is 11.5. The number of aliphatic hydroxyl groups is 3. The minimum absolute atomic E-state index is 0.0104. The second-order valence-electron chi connectivity index (χ2n) is 4.59. The van der Waals surface area contributed by atoms with E-state index in [1.807, 2.05) is 6.92 Å². The molecule has 0 heterocycles. The van der Waals surface area contributed by atoms with Crippen LogP contribution in [0, 0.1) is 11.8 Å². The molecule has 4 N–H and O–H groups in total. The number of rotatable bonds is 9. The van der Waals surface area contributed by atoms with Crippen LogP contribution in [0.3, 0.4) is 0 Å². The Bertz CT molecular complexity index is 180. The molecule has 1 atom stereocenters. The van der Waals surface area contributed by atoms with Gasteiger partial charge in [-0.05, 0) is 18.8 Å². The second-order valence-corrected chi connectivity index (χ2v) is 4.59. The van der Waals surface area contributed by atoms with Gasteiger partial charge < -0.3 is 20.4 Å². The molecular weight excluding hydrogens is 236 g/mol. The summed E-state index contributed by atoms with van der Waals surface area (Å²) in [6, 6.07) is 0. The van der Waals surface area contributed by atoms with Crippen LogP contribution in [0.15, 0.2) is 0 Å². The van der Waals surface area contributed by atoms with Crippen molar-refractivity contribution in [2.45, 2.75) is 46.0 Å². The minimum atomic E-state index is -0.684. The highest BCUT2D eigenvalue weighted by Gasteiger charge is 2.04. The Morgan fingerprint density at radius 1 is 1.11 bits per heavy atom. The lowest BCUT2D eigenvalue weighted by molar-refractivity contribution is -0.138. The highest BCUT2D eigenvalue weighted by molar-refractivity contribution is 5.66. The smallest absolute Gasteiger partial charge is 0.303 e. The zero-order chi connectivity index (χ0) is 14.4. The van der Waals surface area contributed by atoms with E-state index in [9.17, 15) is 4.79 Å². The van der Waals surface area contributed by atoms with Crippen molar-refractivity contribution in [3.05, 3.63) is 0 Å². The van der Waals surface area contributed by atoms with Crippen LogP contribution in [0.25, 0.3) is 0 Å². The summed E-state index contributed by atoms with van der Waals surface area (Å²) in [6.45, 7) is 4.19. The standard InChI is InChI=1S/C7H14O2.C6H14O3/c1-3-4-6(2)5-7(8)9;7-3-1-2-6(4-8)5-9/h6H,3-5H2,1-2H3,(H,8,9);6-9H,1-5H2. The fourth-order valence-electron chi connectivity index (χ4n) is 1.51. The van der Waals surface area contributed by atoms with E-state index < -0.39 is 5.97 Å². The van der Waals surface area contributed by atoms with Crippen molar-refractivity contribution in [3.8, 4) is 0 Å². The third kappa shape index (κ3) is 15.4. The summed E-state index contributed by atoms with van der Waals surface area (Å²) in [5, 5.41) is 33.7. The molecule has 0 saturated carbocycles. The first kappa shape index (κ1) is 19.7. The predicted molar refractivity (Wildman–Crippen MR) is 70.3 cm³/mol. The number of hydrogen-bond acceptors (Lipinski definition) is 4. The van der Waals surface area contributed by atoms with Gasteiger partial charge in [0.15, 0.2) is 0 Å². The Morgan fingerprint density at radius 2 is 1.67 bits per heavy atom. The Balaban J connectivity index is 0. The summed E-state index contributed by atoms with van der Waals surface area (Å²) < 4.78 is 0. The zero-order valence-corrected chi connectivity index (χ0v) is 11.5. The molecular formula is C13H28O5. The van der Waals surface area contributed by atoms with Gasteiger partial charge in [-0.2, -0.15) is 0 Å². The van der Waals surface area contributed by atoms with Gasteiger partial charge in [-0.25, -0.2) is 0 Å². The molecule has 0 bridgehead atoms. The van der Waals surface area contributed by atoms with E-state index in [1.54, 1.807) is 0 Å². The third-order valence-electron chi connectivity index (χ3n) is 2.59. The molecule has 5 nitrogen and oxygen atoms in total. The quantitative estimate of drug-likeness (QED) is 0.502. The second kappa shape index (κ2) is 14.4. The maximum absolute atomic E-state index is 10.1. The summed E-state index contributed by atoms with van der Waals surface area (Å²) in [4.78, 5) is 10.1. The van der Waals surface area contributed by atoms with Crippen LogP contribution in [0.2, 0.25) is 0 Å². The molecule has 0 aliphatic carbocycles. The van der Waals surface area contributed by atoms with Crippen LogP contribution in [0.4, 0.5) is 0 Å². The largest absolute Gasteiger partial charge is 0.481 e. The molecule has 18 heavy (non-hydrogen) atoms. The Labute approximate surface area is 109 Å². The van der Waals surface area contributed by atoms with Crippen molar-refractivity contribution in [3.63, 3.8) is 0 Å². The highest BCUT2D eigenvalue weighted by Crippen LogP contribution is 2.08. The molecule has 110 valence electrons. The van der Waals surface area contributed by atoms with Gasteiger partial charge in [-0.1, -0.05) is 26.7 Å². The maximum Gasteiger partial charge on any atom is 0.303 e. The predicted octanol–water partition coefficient (Wildman–Crippen LogP) is 1.26. The van der Waals surface area contributed by atoms with Gasteiger partial charge >= 0.3 is 5.97 Å². The fourth-order valence-corrected chi connectivity index (χ4v) is 1.51. The average molecular weight is 264 g/mol. The molecule has 0 fully saturated rings. The van der Waals surface area contributed by atoms with Crippen molar-refractivity contribution in [1.29, 1.82) is 0 Å². The monoisotopic (exact) mass is 264 g/mol. The molecule has 0 aromatic heterocycles. The summed E-state index contributed by atoms with van der Waals surface area (Å²) in [7, 11) is 0. The fraction of sp³-hybridized carbons (Fsp3) is 0.923. The van der Waals surface area contributed by atoms with Crippen molar-refractivity contribution < 1.29 is 25.2 Å². The lowest BCUT2D eigenvalue weighted by Crippen LogP contribution is -2.11. The van der Waals surface area contributed by atoms with Crippen LogP contribution in [0.5, 0.6) is 0 Å². The number of carbonyl (C=O) groups is 1. The van der Waals surface area contributed by atoms with Gasteiger partial charge in [-0.15, -0.1) is 0 Å². The van der Waals surface area contributed by atoms with E-state index in [0.29, 0.717) is 25.2 Å². The van der Waals surface area contributed by atoms with Crippen molar-refractivity contribution in [1.82, 2.24) is 0 Å². The molecule has 0 spiro atoms. The molecule has 0 radical (unpaired) electrons. The van der Waals surface area contributed by atoms with Crippen LogP contribution in [-0.4, -0.2) is 46.2 Å². The lowest BCUT2D eigenvalue weighted by atomic mass is 10.0. The molecule has 0 aromatic carbocycles. The average Bonchev–Trinajstić information content (AvgIpc) is 2.30. The van der Waals surface area contributed by atoms with Gasteiger partial charge in [0.25, 0.3) is 0 Å². The highest BCUT2D eigenvalue weighted by atomic mass is 16.4. The number of carboxylic acid groups (broad SMARTS) is 1. The van der Waals surface area contributed by atoms with Crippen LogP contribution < -0.4 is 0 Å².